The number of aromatic nitrogens is 1. The summed E-state index contributed by atoms with van der Waals surface area (Å²) >= 11 is 1.88. The number of hydrogen-bond donors (Lipinski definition) is 0. The van der Waals surface area contributed by atoms with Gasteiger partial charge in [0.15, 0.2) is 0 Å². The molecule has 3 heterocycles. The first-order valence-corrected chi connectivity index (χ1v) is 8.80. The summed E-state index contributed by atoms with van der Waals surface area (Å²) in [6.07, 6.45) is 6.49. The van der Waals surface area contributed by atoms with Crippen LogP contribution in [-0.4, -0.2) is 22.6 Å². The zero-order chi connectivity index (χ0) is 14.7. The van der Waals surface area contributed by atoms with Gasteiger partial charge in [-0.25, -0.2) is 0 Å². The third-order valence-electron chi connectivity index (χ3n) is 4.60. The number of aryl methyl sites for hydroxylation is 3. The quantitative estimate of drug-likeness (QED) is 0.823. The summed E-state index contributed by atoms with van der Waals surface area (Å²) in [6, 6.07) is 5.11. The minimum absolute atomic E-state index is 0.703. The van der Waals surface area contributed by atoms with Crippen LogP contribution in [0.4, 0.5) is 0 Å². The van der Waals surface area contributed by atoms with Crippen molar-refractivity contribution in [3.63, 3.8) is 0 Å². The molecular weight excluding hydrogens is 280 g/mol. The van der Waals surface area contributed by atoms with Gasteiger partial charge in [-0.15, -0.1) is 11.3 Å². The standard InChI is InChI=1S/C17H24N2OS/c1-13-17(14(2)20-18-13)12-19-10-4-3-6-15(19)8-9-16-7-5-11-21-16/h5,7,11,15H,3-4,6,8-10,12H2,1-2H3. The molecule has 0 N–H and O–H groups in total. The third-order valence-corrected chi connectivity index (χ3v) is 5.53. The van der Waals surface area contributed by atoms with E-state index in [1.54, 1.807) is 0 Å². The molecule has 0 amide bonds. The molecule has 1 saturated heterocycles. The van der Waals surface area contributed by atoms with Crippen molar-refractivity contribution in [1.82, 2.24) is 10.1 Å². The summed E-state index contributed by atoms with van der Waals surface area (Å²) in [5.41, 5.74) is 2.34. The van der Waals surface area contributed by atoms with Crippen LogP contribution in [0.3, 0.4) is 0 Å². The van der Waals surface area contributed by atoms with E-state index in [4.69, 9.17) is 4.52 Å². The van der Waals surface area contributed by atoms with Gasteiger partial charge in [-0.1, -0.05) is 17.6 Å². The first-order chi connectivity index (χ1) is 10.2. The van der Waals surface area contributed by atoms with Gasteiger partial charge in [-0.2, -0.15) is 0 Å². The van der Waals surface area contributed by atoms with E-state index in [0.29, 0.717) is 6.04 Å². The maximum absolute atomic E-state index is 5.32. The number of thiophene rings is 1. The fourth-order valence-corrected chi connectivity index (χ4v) is 4.01. The second-order valence-corrected chi connectivity index (χ2v) is 7.07. The predicted molar refractivity (Wildman–Crippen MR) is 86.7 cm³/mol. The monoisotopic (exact) mass is 304 g/mol. The second kappa shape index (κ2) is 6.75. The Morgan fingerprint density at radius 3 is 3.00 bits per heavy atom. The maximum Gasteiger partial charge on any atom is 0.138 e. The van der Waals surface area contributed by atoms with Gasteiger partial charge < -0.3 is 4.52 Å². The summed E-state index contributed by atoms with van der Waals surface area (Å²) in [4.78, 5) is 4.15. The lowest BCUT2D eigenvalue weighted by Crippen LogP contribution is -2.39. The van der Waals surface area contributed by atoms with E-state index < -0.39 is 0 Å². The van der Waals surface area contributed by atoms with Crippen LogP contribution >= 0.6 is 11.3 Å². The molecule has 1 fully saturated rings. The molecular formula is C17H24N2OS. The van der Waals surface area contributed by atoms with Gasteiger partial charge in [-0.3, -0.25) is 4.90 Å². The average Bonchev–Trinajstić information content (AvgIpc) is 3.11. The second-order valence-electron chi connectivity index (χ2n) is 6.04. The lowest BCUT2D eigenvalue weighted by molar-refractivity contribution is 0.132. The lowest BCUT2D eigenvalue weighted by Gasteiger charge is -2.35. The smallest absolute Gasteiger partial charge is 0.138 e. The highest BCUT2D eigenvalue weighted by molar-refractivity contribution is 7.09. The van der Waals surface area contributed by atoms with Gasteiger partial charge in [0, 0.05) is 23.0 Å². The lowest BCUT2D eigenvalue weighted by atomic mass is 9.96. The van der Waals surface area contributed by atoms with Crippen molar-refractivity contribution in [2.45, 2.75) is 58.5 Å². The molecule has 1 aliphatic heterocycles. The van der Waals surface area contributed by atoms with E-state index in [1.165, 1.54) is 49.1 Å². The number of nitrogens with zero attached hydrogens (tertiary/aromatic N) is 2. The molecule has 2 aromatic heterocycles. The molecule has 0 bridgehead atoms. The highest BCUT2D eigenvalue weighted by Gasteiger charge is 2.24. The summed E-state index contributed by atoms with van der Waals surface area (Å²) in [6.45, 7) is 6.28. The highest BCUT2D eigenvalue weighted by atomic mass is 32.1. The van der Waals surface area contributed by atoms with Crippen LogP contribution in [0.1, 0.15) is 47.6 Å². The van der Waals surface area contributed by atoms with Crippen LogP contribution in [0.15, 0.2) is 22.0 Å². The van der Waals surface area contributed by atoms with E-state index in [-0.39, 0.29) is 0 Å². The minimum atomic E-state index is 0.703. The topological polar surface area (TPSA) is 29.3 Å². The van der Waals surface area contributed by atoms with Crippen LogP contribution < -0.4 is 0 Å². The Balaban J connectivity index is 1.64. The molecule has 3 nitrogen and oxygen atoms in total. The normalized spacial score (nSPS) is 20.0. The zero-order valence-corrected chi connectivity index (χ0v) is 13.8. The fourth-order valence-electron chi connectivity index (χ4n) is 3.29. The Kier molecular flexibility index (Phi) is 4.76. The molecule has 4 heteroatoms. The Hall–Kier alpha value is -1.13. The summed E-state index contributed by atoms with van der Waals surface area (Å²) in [7, 11) is 0. The molecule has 1 aliphatic rings. The average molecular weight is 304 g/mol. The Morgan fingerprint density at radius 2 is 2.29 bits per heavy atom. The van der Waals surface area contributed by atoms with Gasteiger partial charge in [0.2, 0.25) is 0 Å². The van der Waals surface area contributed by atoms with E-state index in [9.17, 15) is 0 Å². The van der Waals surface area contributed by atoms with Crippen LogP contribution in [0, 0.1) is 13.8 Å². The van der Waals surface area contributed by atoms with Gasteiger partial charge in [0.25, 0.3) is 0 Å². The molecule has 1 unspecified atom stereocenters. The number of rotatable bonds is 5. The molecule has 0 spiro atoms. The molecule has 21 heavy (non-hydrogen) atoms. The van der Waals surface area contributed by atoms with Crippen molar-refractivity contribution >= 4 is 11.3 Å². The van der Waals surface area contributed by atoms with Crippen LogP contribution in [-0.2, 0) is 13.0 Å². The van der Waals surface area contributed by atoms with Gasteiger partial charge >= 0.3 is 0 Å². The first-order valence-electron chi connectivity index (χ1n) is 7.92. The predicted octanol–water partition coefficient (Wildman–Crippen LogP) is 4.34. The van der Waals surface area contributed by atoms with Gasteiger partial charge in [-0.05, 0) is 57.5 Å². The zero-order valence-electron chi connectivity index (χ0n) is 13.0. The van der Waals surface area contributed by atoms with E-state index >= 15 is 0 Å². The Labute approximate surface area is 130 Å². The maximum atomic E-state index is 5.32. The third kappa shape index (κ3) is 3.55. The van der Waals surface area contributed by atoms with Crippen molar-refractivity contribution < 1.29 is 4.52 Å². The Bertz CT molecular complexity index is 542. The molecule has 0 saturated carbocycles. The molecule has 0 radical (unpaired) electrons. The van der Waals surface area contributed by atoms with Crippen molar-refractivity contribution in [2.75, 3.05) is 6.54 Å². The summed E-state index contributed by atoms with van der Waals surface area (Å²) in [5, 5.41) is 6.27. The van der Waals surface area contributed by atoms with Crippen molar-refractivity contribution in [3.8, 4) is 0 Å². The first kappa shape index (κ1) is 14.8. The van der Waals surface area contributed by atoms with Crippen molar-refractivity contribution in [1.29, 1.82) is 0 Å². The molecule has 2 aromatic rings. The molecule has 0 aromatic carbocycles. The molecule has 114 valence electrons. The van der Waals surface area contributed by atoms with Crippen LogP contribution in [0.2, 0.25) is 0 Å². The number of likely N-dealkylation sites (tertiary alicyclic amines) is 1. The van der Waals surface area contributed by atoms with Crippen LogP contribution in [0.5, 0.6) is 0 Å². The van der Waals surface area contributed by atoms with Crippen LogP contribution in [0.25, 0.3) is 0 Å². The van der Waals surface area contributed by atoms with E-state index in [2.05, 4.69) is 34.5 Å². The van der Waals surface area contributed by atoms with Gasteiger partial charge in [0.05, 0.1) is 5.69 Å². The summed E-state index contributed by atoms with van der Waals surface area (Å²) < 4.78 is 5.32. The van der Waals surface area contributed by atoms with Crippen molar-refractivity contribution in [3.05, 3.63) is 39.4 Å². The molecule has 1 atom stereocenters. The molecule has 3 rings (SSSR count). The number of piperidine rings is 1. The number of hydrogen-bond acceptors (Lipinski definition) is 4. The van der Waals surface area contributed by atoms with Gasteiger partial charge in [0.1, 0.15) is 5.76 Å². The highest BCUT2D eigenvalue weighted by Crippen LogP contribution is 2.26. The fraction of sp³-hybridized carbons (Fsp3) is 0.588. The van der Waals surface area contributed by atoms with Crippen molar-refractivity contribution in [2.24, 2.45) is 0 Å². The SMILES string of the molecule is Cc1noc(C)c1CN1CCCCC1CCc1cccs1. The molecule has 0 aliphatic carbocycles. The largest absolute Gasteiger partial charge is 0.361 e. The summed E-state index contributed by atoms with van der Waals surface area (Å²) in [5.74, 6) is 0.982. The minimum Gasteiger partial charge on any atom is -0.361 e. The Morgan fingerprint density at radius 1 is 1.38 bits per heavy atom. The van der Waals surface area contributed by atoms with E-state index in [0.717, 1.165) is 18.0 Å². The van der Waals surface area contributed by atoms with E-state index in [1.807, 2.05) is 18.3 Å².